The van der Waals surface area contributed by atoms with Crippen molar-refractivity contribution in [2.24, 2.45) is 0 Å². The fourth-order valence-electron chi connectivity index (χ4n) is 2.00. The zero-order chi connectivity index (χ0) is 19.2. The average Bonchev–Trinajstić information content (AvgIpc) is 2.61. The SMILES string of the molecule is COc1cccc(NC(=S)N[C@@H](NC(=O)c2ccccc2)C(Cl)(Cl)Cl)c1. The van der Waals surface area contributed by atoms with Crippen LogP contribution in [0.25, 0.3) is 0 Å². The van der Waals surface area contributed by atoms with Gasteiger partial charge in [-0.1, -0.05) is 59.1 Å². The Morgan fingerprint density at radius 1 is 1.08 bits per heavy atom. The van der Waals surface area contributed by atoms with E-state index in [2.05, 4.69) is 16.0 Å². The molecule has 1 amide bonds. The number of rotatable bonds is 5. The van der Waals surface area contributed by atoms with E-state index in [1.54, 1.807) is 61.7 Å². The number of carbonyl (C=O) groups excluding carboxylic acids is 1. The molecule has 0 bridgehead atoms. The van der Waals surface area contributed by atoms with Crippen LogP contribution in [0.1, 0.15) is 10.4 Å². The highest BCUT2D eigenvalue weighted by Crippen LogP contribution is 2.29. The van der Waals surface area contributed by atoms with E-state index < -0.39 is 15.9 Å². The summed E-state index contributed by atoms with van der Waals surface area (Å²) in [6, 6.07) is 15.7. The molecule has 138 valence electrons. The van der Waals surface area contributed by atoms with Crippen LogP contribution in [0, 0.1) is 0 Å². The lowest BCUT2D eigenvalue weighted by Gasteiger charge is -2.27. The number of alkyl halides is 3. The highest BCUT2D eigenvalue weighted by molar-refractivity contribution is 7.80. The van der Waals surface area contributed by atoms with Crippen molar-refractivity contribution in [3.8, 4) is 5.75 Å². The number of halogens is 3. The smallest absolute Gasteiger partial charge is 0.252 e. The quantitative estimate of drug-likeness (QED) is 0.377. The van der Waals surface area contributed by atoms with Crippen molar-refractivity contribution in [2.75, 3.05) is 12.4 Å². The van der Waals surface area contributed by atoms with Crippen molar-refractivity contribution in [1.29, 1.82) is 0 Å². The number of nitrogens with one attached hydrogen (secondary N) is 3. The lowest BCUT2D eigenvalue weighted by molar-refractivity contribution is 0.0934. The van der Waals surface area contributed by atoms with Crippen LogP contribution in [-0.2, 0) is 0 Å². The summed E-state index contributed by atoms with van der Waals surface area (Å²) in [6.45, 7) is 0. The summed E-state index contributed by atoms with van der Waals surface area (Å²) in [5.74, 6) is 0.256. The number of benzene rings is 2. The summed E-state index contributed by atoms with van der Waals surface area (Å²) in [4.78, 5) is 12.3. The molecule has 5 nitrogen and oxygen atoms in total. The van der Waals surface area contributed by atoms with Crippen LogP contribution < -0.4 is 20.7 Å². The Morgan fingerprint density at radius 3 is 2.38 bits per heavy atom. The van der Waals surface area contributed by atoms with Gasteiger partial charge < -0.3 is 20.7 Å². The highest BCUT2D eigenvalue weighted by Gasteiger charge is 2.34. The summed E-state index contributed by atoms with van der Waals surface area (Å²) < 4.78 is 3.32. The molecule has 26 heavy (non-hydrogen) atoms. The molecule has 0 saturated heterocycles. The molecule has 2 aromatic rings. The van der Waals surface area contributed by atoms with Gasteiger partial charge in [0.2, 0.25) is 3.79 Å². The van der Waals surface area contributed by atoms with Gasteiger partial charge in [-0.15, -0.1) is 0 Å². The zero-order valence-corrected chi connectivity index (χ0v) is 16.7. The Morgan fingerprint density at radius 2 is 1.77 bits per heavy atom. The van der Waals surface area contributed by atoms with Gasteiger partial charge in [0.25, 0.3) is 5.91 Å². The Bertz CT molecular complexity index is 769. The lowest BCUT2D eigenvalue weighted by atomic mass is 10.2. The van der Waals surface area contributed by atoms with Gasteiger partial charge in [-0.25, -0.2) is 0 Å². The van der Waals surface area contributed by atoms with Gasteiger partial charge in [-0.3, -0.25) is 4.79 Å². The minimum absolute atomic E-state index is 0.169. The van der Waals surface area contributed by atoms with Crippen molar-refractivity contribution in [3.63, 3.8) is 0 Å². The Kier molecular flexibility index (Phi) is 7.34. The summed E-state index contributed by atoms with van der Waals surface area (Å²) in [7, 11) is 1.56. The Labute approximate surface area is 172 Å². The van der Waals surface area contributed by atoms with Crippen LogP contribution in [-0.4, -0.2) is 28.1 Å². The third-order valence-corrected chi connectivity index (χ3v) is 4.12. The third-order valence-electron chi connectivity index (χ3n) is 3.24. The standard InChI is InChI=1S/C17H16Cl3N3O2S/c1-25-13-9-5-8-12(10-13)21-16(26)23-15(17(18,19)20)22-14(24)11-6-3-2-4-7-11/h2-10,15H,1H3,(H,22,24)(H2,21,23,26)/t15-/m1/s1. The predicted molar refractivity (Wildman–Crippen MR) is 110 cm³/mol. The molecule has 0 saturated carbocycles. The van der Waals surface area contributed by atoms with Gasteiger partial charge in [-0.05, 0) is 36.5 Å². The summed E-state index contributed by atoms with van der Waals surface area (Å²) in [5, 5.41) is 8.52. The molecule has 0 fully saturated rings. The predicted octanol–water partition coefficient (Wildman–Crippen LogP) is 4.11. The topological polar surface area (TPSA) is 62.4 Å². The van der Waals surface area contributed by atoms with E-state index in [1.165, 1.54) is 0 Å². The van der Waals surface area contributed by atoms with Crippen molar-refractivity contribution in [2.45, 2.75) is 9.96 Å². The Balaban J connectivity index is 2.05. The van der Waals surface area contributed by atoms with E-state index in [0.29, 0.717) is 17.0 Å². The fraction of sp³-hybridized carbons (Fsp3) is 0.176. The van der Waals surface area contributed by atoms with Gasteiger partial charge in [0, 0.05) is 17.3 Å². The number of amides is 1. The van der Waals surface area contributed by atoms with Gasteiger partial charge in [0.15, 0.2) is 5.11 Å². The molecular formula is C17H16Cl3N3O2S. The number of methoxy groups -OCH3 is 1. The van der Waals surface area contributed by atoms with Gasteiger partial charge in [0.05, 0.1) is 7.11 Å². The number of thiocarbonyl (C=S) groups is 1. The van der Waals surface area contributed by atoms with Crippen molar-refractivity contribution in [3.05, 3.63) is 60.2 Å². The minimum Gasteiger partial charge on any atom is -0.497 e. The molecule has 0 aromatic heterocycles. The van der Waals surface area contributed by atoms with Gasteiger partial charge >= 0.3 is 0 Å². The van der Waals surface area contributed by atoms with Crippen molar-refractivity contribution >= 4 is 63.7 Å². The van der Waals surface area contributed by atoms with Crippen molar-refractivity contribution < 1.29 is 9.53 Å². The number of hydrogen-bond acceptors (Lipinski definition) is 3. The van der Waals surface area contributed by atoms with Crippen LogP contribution in [0.15, 0.2) is 54.6 Å². The molecule has 3 N–H and O–H groups in total. The molecule has 1 atom stereocenters. The molecule has 0 aliphatic carbocycles. The summed E-state index contributed by atoms with van der Waals surface area (Å²) in [5.41, 5.74) is 1.11. The first-order chi connectivity index (χ1) is 12.3. The second kappa shape index (κ2) is 9.28. The maximum absolute atomic E-state index is 12.3. The largest absolute Gasteiger partial charge is 0.497 e. The molecule has 9 heteroatoms. The third kappa shape index (κ3) is 6.21. The molecule has 0 radical (unpaired) electrons. The molecule has 0 unspecified atom stereocenters. The van der Waals surface area contributed by atoms with E-state index >= 15 is 0 Å². The zero-order valence-electron chi connectivity index (χ0n) is 13.6. The van der Waals surface area contributed by atoms with Crippen LogP contribution >= 0.6 is 47.0 Å². The summed E-state index contributed by atoms with van der Waals surface area (Å²) in [6.07, 6.45) is -1.05. The monoisotopic (exact) mass is 431 g/mol. The van der Waals surface area contributed by atoms with Gasteiger partial charge in [-0.2, -0.15) is 0 Å². The molecule has 0 heterocycles. The molecule has 0 spiro atoms. The van der Waals surface area contributed by atoms with Gasteiger partial charge in [0.1, 0.15) is 11.9 Å². The fourth-order valence-corrected chi connectivity index (χ4v) is 2.57. The Hall–Kier alpha value is -1.73. The minimum atomic E-state index is -1.83. The number of ether oxygens (including phenoxy) is 1. The molecule has 2 rings (SSSR count). The number of hydrogen-bond donors (Lipinski definition) is 3. The highest BCUT2D eigenvalue weighted by atomic mass is 35.6. The van der Waals surface area contributed by atoms with Crippen LogP contribution in [0.5, 0.6) is 5.75 Å². The van der Waals surface area contributed by atoms with E-state index in [4.69, 9.17) is 51.8 Å². The first-order valence-electron chi connectivity index (χ1n) is 7.44. The van der Waals surface area contributed by atoms with Crippen molar-refractivity contribution in [1.82, 2.24) is 10.6 Å². The van der Waals surface area contributed by atoms with E-state index in [9.17, 15) is 4.79 Å². The molecule has 2 aromatic carbocycles. The second-order valence-corrected chi connectivity index (χ2v) is 7.92. The lowest BCUT2D eigenvalue weighted by Crippen LogP contribution is -2.56. The van der Waals surface area contributed by atoms with E-state index in [0.717, 1.165) is 0 Å². The number of anilines is 1. The molecule has 0 aliphatic rings. The average molecular weight is 433 g/mol. The number of carbonyl (C=O) groups is 1. The first-order valence-corrected chi connectivity index (χ1v) is 8.98. The maximum Gasteiger partial charge on any atom is 0.252 e. The van der Waals surface area contributed by atoms with Crippen LogP contribution in [0.4, 0.5) is 5.69 Å². The van der Waals surface area contributed by atoms with E-state index in [1.807, 2.05) is 0 Å². The molecule has 0 aliphatic heterocycles. The first kappa shape index (κ1) is 20.6. The summed E-state index contributed by atoms with van der Waals surface area (Å²) >= 11 is 23.2. The van der Waals surface area contributed by atoms with E-state index in [-0.39, 0.29) is 5.11 Å². The van der Waals surface area contributed by atoms with Crippen LogP contribution in [0.2, 0.25) is 0 Å². The normalized spacial score (nSPS) is 12.0. The van der Waals surface area contributed by atoms with Crippen LogP contribution in [0.3, 0.4) is 0 Å². The molecular weight excluding hydrogens is 417 g/mol. The second-order valence-electron chi connectivity index (χ2n) is 5.14. The maximum atomic E-state index is 12.3.